The summed E-state index contributed by atoms with van der Waals surface area (Å²) in [5.41, 5.74) is 0.0323. The fraction of sp³-hybridized carbons (Fsp3) is 0.556. The van der Waals surface area contributed by atoms with Gasteiger partial charge in [-0.15, -0.1) is 0 Å². The Morgan fingerprint density at radius 1 is 1.40 bits per heavy atom. The number of carboxylic acid groups (broad SMARTS) is 1. The van der Waals surface area contributed by atoms with Crippen LogP contribution in [0.2, 0.25) is 0 Å². The van der Waals surface area contributed by atoms with Crippen LogP contribution in [0.5, 0.6) is 0 Å². The van der Waals surface area contributed by atoms with Gasteiger partial charge in [-0.05, 0) is 63.3 Å². The van der Waals surface area contributed by atoms with Crippen LogP contribution in [0.25, 0.3) is 0 Å². The zero-order chi connectivity index (χ0) is 18.8. The zero-order valence-electron chi connectivity index (χ0n) is 14.6. The number of carboxylic acids is 1. The van der Waals surface area contributed by atoms with Crippen molar-refractivity contribution >= 4 is 28.0 Å². The number of aliphatic carboxylic acids is 1. The van der Waals surface area contributed by atoms with Crippen molar-refractivity contribution in [3.05, 3.63) is 34.1 Å². The van der Waals surface area contributed by atoms with Gasteiger partial charge in [0.2, 0.25) is 0 Å². The SMILES string of the molecule is CC(C)(C)OC(=O)N1CCC(C(Cc2cc(F)cc(Br)c2)C(=O)O)C1. The summed E-state index contributed by atoms with van der Waals surface area (Å²) >= 11 is 3.22. The molecule has 1 aliphatic rings. The fourth-order valence-corrected chi connectivity index (χ4v) is 3.56. The third-order valence-electron chi connectivity index (χ3n) is 4.14. The number of ether oxygens (including phenoxy) is 1. The van der Waals surface area contributed by atoms with Gasteiger partial charge in [-0.1, -0.05) is 15.9 Å². The molecule has 2 unspecified atom stereocenters. The summed E-state index contributed by atoms with van der Waals surface area (Å²) < 4.78 is 19.5. The highest BCUT2D eigenvalue weighted by atomic mass is 79.9. The lowest BCUT2D eigenvalue weighted by molar-refractivity contribution is -0.143. The number of likely N-dealkylation sites (tertiary alicyclic amines) is 1. The minimum absolute atomic E-state index is 0.188. The maximum absolute atomic E-state index is 13.5. The Hall–Kier alpha value is -1.63. The topological polar surface area (TPSA) is 66.8 Å². The number of hydrogen-bond donors (Lipinski definition) is 1. The monoisotopic (exact) mass is 415 g/mol. The second-order valence-corrected chi connectivity index (χ2v) is 8.32. The van der Waals surface area contributed by atoms with Gasteiger partial charge < -0.3 is 14.7 Å². The van der Waals surface area contributed by atoms with Crippen LogP contribution in [-0.2, 0) is 16.0 Å². The lowest BCUT2D eigenvalue weighted by Gasteiger charge is -2.25. The molecule has 1 aromatic carbocycles. The van der Waals surface area contributed by atoms with Crippen molar-refractivity contribution in [1.29, 1.82) is 0 Å². The van der Waals surface area contributed by atoms with Crippen LogP contribution in [-0.4, -0.2) is 40.8 Å². The number of carbonyl (C=O) groups is 2. The van der Waals surface area contributed by atoms with E-state index >= 15 is 0 Å². The molecular weight excluding hydrogens is 393 g/mol. The standard InChI is InChI=1S/C18H23BrFNO4/c1-18(2,3)25-17(24)21-5-4-12(10-21)15(16(22)23)8-11-6-13(19)9-14(20)7-11/h6-7,9,12,15H,4-5,8,10H2,1-3H3,(H,22,23). The van der Waals surface area contributed by atoms with Gasteiger partial charge in [-0.25, -0.2) is 9.18 Å². The Labute approximate surface area is 155 Å². The first-order valence-corrected chi connectivity index (χ1v) is 9.00. The fourth-order valence-electron chi connectivity index (χ4n) is 3.05. The molecule has 1 fully saturated rings. The van der Waals surface area contributed by atoms with Crippen molar-refractivity contribution in [3.8, 4) is 0 Å². The van der Waals surface area contributed by atoms with E-state index in [1.807, 2.05) is 0 Å². The highest BCUT2D eigenvalue weighted by Gasteiger charge is 2.37. The predicted octanol–water partition coefficient (Wildman–Crippen LogP) is 4.09. The number of halogens is 2. The van der Waals surface area contributed by atoms with E-state index in [2.05, 4.69) is 15.9 Å². The number of benzene rings is 1. The maximum Gasteiger partial charge on any atom is 0.410 e. The first-order valence-electron chi connectivity index (χ1n) is 8.21. The molecule has 1 amide bonds. The smallest absolute Gasteiger partial charge is 0.410 e. The molecule has 0 radical (unpaired) electrons. The Kier molecular flexibility index (Phi) is 6.08. The van der Waals surface area contributed by atoms with Crippen molar-refractivity contribution in [2.24, 2.45) is 11.8 Å². The molecule has 0 saturated carbocycles. The summed E-state index contributed by atoms with van der Waals surface area (Å²) in [5.74, 6) is -2.21. The van der Waals surface area contributed by atoms with Crippen LogP contribution < -0.4 is 0 Å². The average molecular weight is 416 g/mol. The van der Waals surface area contributed by atoms with Gasteiger partial charge in [0.25, 0.3) is 0 Å². The summed E-state index contributed by atoms with van der Waals surface area (Å²) in [6.45, 7) is 6.18. The van der Waals surface area contributed by atoms with Crippen LogP contribution in [0.1, 0.15) is 32.8 Å². The molecule has 1 saturated heterocycles. The Morgan fingerprint density at radius 2 is 2.08 bits per heavy atom. The van der Waals surface area contributed by atoms with Gasteiger partial charge in [0, 0.05) is 17.6 Å². The molecule has 1 heterocycles. The second-order valence-electron chi connectivity index (χ2n) is 7.40. The summed E-state index contributed by atoms with van der Waals surface area (Å²) in [6, 6.07) is 4.40. The van der Waals surface area contributed by atoms with Crippen LogP contribution in [0.4, 0.5) is 9.18 Å². The third-order valence-corrected chi connectivity index (χ3v) is 4.60. The number of carbonyl (C=O) groups excluding carboxylic acids is 1. The number of rotatable bonds is 4. The van der Waals surface area contributed by atoms with E-state index in [1.54, 1.807) is 31.7 Å². The summed E-state index contributed by atoms with van der Waals surface area (Å²) in [5, 5.41) is 9.60. The highest BCUT2D eigenvalue weighted by molar-refractivity contribution is 9.10. The Balaban J connectivity index is 2.06. The number of hydrogen-bond acceptors (Lipinski definition) is 3. The van der Waals surface area contributed by atoms with Crippen molar-refractivity contribution in [2.45, 2.75) is 39.2 Å². The predicted molar refractivity (Wildman–Crippen MR) is 94.8 cm³/mol. The van der Waals surface area contributed by atoms with Gasteiger partial charge in [0.15, 0.2) is 0 Å². The van der Waals surface area contributed by atoms with Gasteiger partial charge in [0.1, 0.15) is 11.4 Å². The van der Waals surface area contributed by atoms with Gasteiger partial charge in [-0.3, -0.25) is 4.79 Å². The van der Waals surface area contributed by atoms with Crippen LogP contribution >= 0.6 is 15.9 Å². The molecule has 7 heteroatoms. The lowest BCUT2D eigenvalue weighted by Crippen LogP contribution is -2.36. The molecular formula is C18H23BrFNO4. The highest BCUT2D eigenvalue weighted by Crippen LogP contribution is 2.29. The van der Waals surface area contributed by atoms with Gasteiger partial charge >= 0.3 is 12.1 Å². The Morgan fingerprint density at radius 3 is 2.64 bits per heavy atom. The molecule has 0 bridgehead atoms. The number of amides is 1. The van der Waals surface area contributed by atoms with E-state index < -0.39 is 29.4 Å². The lowest BCUT2D eigenvalue weighted by atomic mass is 9.86. The van der Waals surface area contributed by atoms with Crippen molar-refractivity contribution < 1.29 is 23.8 Å². The first kappa shape index (κ1) is 19.7. The quantitative estimate of drug-likeness (QED) is 0.803. The zero-order valence-corrected chi connectivity index (χ0v) is 16.2. The Bertz CT molecular complexity index is 639. The van der Waals surface area contributed by atoms with E-state index in [9.17, 15) is 19.1 Å². The van der Waals surface area contributed by atoms with E-state index in [4.69, 9.17) is 4.74 Å². The molecule has 1 aromatic rings. The van der Waals surface area contributed by atoms with Crippen molar-refractivity contribution in [1.82, 2.24) is 4.90 Å². The van der Waals surface area contributed by atoms with Gasteiger partial charge in [0.05, 0.1) is 5.92 Å². The number of nitrogens with zero attached hydrogens (tertiary/aromatic N) is 1. The summed E-state index contributed by atoms with van der Waals surface area (Å²) in [7, 11) is 0. The minimum Gasteiger partial charge on any atom is -0.481 e. The molecule has 5 nitrogen and oxygen atoms in total. The van der Waals surface area contributed by atoms with Gasteiger partial charge in [-0.2, -0.15) is 0 Å². The van der Waals surface area contributed by atoms with E-state index in [-0.39, 0.29) is 12.3 Å². The second kappa shape index (κ2) is 7.72. The van der Waals surface area contributed by atoms with Crippen LogP contribution in [0.3, 0.4) is 0 Å². The van der Waals surface area contributed by atoms with Crippen molar-refractivity contribution in [3.63, 3.8) is 0 Å². The minimum atomic E-state index is -0.934. The van der Waals surface area contributed by atoms with Crippen LogP contribution in [0.15, 0.2) is 22.7 Å². The maximum atomic E-state index is 13.5. The molecule has 1 aliphatic heterocycles. The van der Waals surface area contributed by atoms with E-state index in [0.29, 0.717) is 29.5 Å². The van der Waals surface area contributed by atoms with Crippen LogP contribution in [0, 0.1) is 17.7 Å². The average Bonchev–Trinajstić information content (AvgIpc) is 2.91. The molecule has 0 aliphatic carbocycles. The van der Waals surface area contributed by atoms with E-state index in [0.717, 1.165) is 0 Å². The molecule has 1 N–H and O–H groups in total. The van der Waals surface area contributed by atoms with E-state index in [1.165, 1.54) is 12.1 Å². The molecule has 0 aromatic heterocycles. The molecule has 2 atom stereocenters. The first-order chi connectivity index (χ1) is 11.5. The molecule has 25 heavy (non-hydrogen) atoms. The molecule has 138 valence electrons. The molecule has 0 spiro atoms. The van der Waals surface area contributed by atoms with Crippen molar-refractivity contribution in [2.75, 3.05) is 13.1 Å². The normalized spacial score (nSPS) is 18.9. The molecule has 2 rings (SSSR count). The third kappa shape index (κ3) is 5.70. The summed E-state index contributed by atoms with van der Waals surface area (Å²) in [6.07, 6.45) is 0.387. The largest absolute Gasteiger partial charge is 0.481 e. The summed E-state index contributed by atoms with van der Waals surface area (Å²) in [4.78, 5) is 25.4.